The van der Waals surface area contributed by atoms with Gasteiger partial charge in [0.15, 0.2) is 5.78 Å². The minimum Gasteiger partial charge on any atom is -0.313 e. The van der Waals surface area contributed by atoms with Crippen LogP contribution in [0.4, 0.5) is 0 Å². The van der Waals surface area contributed by atoms with E-state index < -0.39 is 0 Å². The lowest BCUT2D eigenvalue weighted by Gasteiger charge is -2.04. The lowest BCUT2D eigenvalue weighted by Crippen LogP contribution is -2.20. The van der Waals surface area contributed by atoms with Gasteiger partial charge in [-0.3, -0.25) is 4.79 Å². The molecule has 0 bridgehead atoms. The third-order valence-corrected chi connectivity index (χ3v) is 2.94. The summed E-state index contributed by atoms with van der Waals surface area (Å²) >= 11 is 0. The second kappa shape index (κ2) is 4.58. The lowest BCUT2D eigenvalue weighted by molar-refractivity contribution is -0.117. The number of fused-ring (bicyclic) bond motifs is 1. The summed E-state index contributed by atoms with van der Waals surface area (Å²) in [5, 5.41) is 2.89. The maximum atomic E-state index is 11.5. The van der Waals surface area contributed by atoms with Gasteiger partial charge in [0.1, 0.15) is 0 Å². The van der Waals surface area contributed by atoms with E-state index in [-0.39, 0.29) is 5.78 Å². The zero-order chi connectivity index (χ0) is 10.7. The molecule has 0 aliphatic heterocycles. The molecule has 0 spiro atoms. The van der Waals surface area contributed by atoms with Crippen molar-refractivity contribution in [3.8, 4) is 0 Å². The number of carbonyl (C=O) groups excluding carboxylic acids is 1. The SMILES string of the molecule is CNCC(=O)Cc1ccc2c(c1)CCC2. The molecule has 1 aliphatic carbocycles. The van der Waals surface area contributed by atoms with E-state index in [9.17, 15) is 4.79 Å². The molecule has 1 aromatic carbocycles. The first kappa shape index (κ1) is 10.4. The Bertz CT molecular complexity index is 371. The molecule has 2 heteroatoms. The zero-order valence-corrected chi connectivity index (χ0v) is 9.18. The van der Waals surface area contributed by atoms with E-state index in [2.05, 4.69) is 23.5 Å². The highest BCUT2D eigenvalue weighted by Gasteiger charge is 2.11. The van der Waals surface area contributed by atoms with Crippen LogP contribution < -0.4 is 5.32 Å². The summed E-state index contributed by atoms with van der Waals surface area (Å²) < 4.78 is 0. The quantitative estimate of drug-likeness (QED) is 0.803. The van der Waals surface area contributed by atoms with Gasteiger partial charge in [0.05, 0.1) is 6.54 Å². The molecular formula is C13H17NO. The van der Waals surface area contributed by atoms with Crippen LogP contribution in [-0.4, -0.2) is 19.4 Å². The fraction of sp³-hybridized carbons (Fsp3) is 0.462. The summed E-state index contributed by atoms with van der Waals surface area (Å²) in [6.07, 6.45) is 4.22. The van der Waals surface area contributed by atoms with Gasteiger partial charge in [0.25, 0.3) is 0 Å². The van der Waals surface area contributed by atoms with Crippen molar-refractivity contribution in [1.29, 1.82) is 0 Å². The van der Waals surface area contributed by atoms with Crippen LogP contribution in [0.5, 0.6) is 0 Å². The predicted octanol–water partition coefficient (Wildman–Crippen LogP) is 1.51. The van der Waals surface area contributed by atoms with Gasteiger partial charge in [-0.25, -0.2) is 0 Å². The maximum absolute atomic E-state index is 11.5. The summed E-state index contributed by atoms with van der Waals surface area (Å²) in [4.78, 5) is 11.5. The van der Waals surface area contributed by atoms with Crippen LogP contribution in [0, 0.1) is 0 Å². The Kier molecular flexibility index (Phi) is 3.17. The third kappa shape index (κ3) is 2.45. The van der Waals surface area contributed by atoms with Crippen molar-refractivity contribution in [1.82, 2.24) is 5.32 Å². The molecule has 0 unspecified atom stereocenters. The van der Waals surface area contributed by atoms with Gasteiger partial charge in [-0.15, -0.1) is 0 Å². The van der Waals surface area contributed by atoms with Crippen molar-refractivity contribution in [2.45, 2.75) is 25.7 Å². The molecule has 0 amide bonds. The summed E-state index contributed by atoms with van der Waals surface area (Å²) in [5.74, 6) is 0.260. The highest BCUT2D eigenvalue weighted by molar-refractivity contribution is 5.82. The normalized spacial score (nSPS) is 13.9. The molecule has 1 aliphatic rings. The Morgan fingerprint density at radius 2 is 2.13 bits per heavy atom. The third-order valence-electron chi connectivity index (χ3n) is 2.94. The molecule has 0 saturated heterocycles. The molecular weight excluding hydrogens is 186 g/mol. The Morgan fingerprint density at radius 3 is 2.93 bits per heavy atom. The molecule has 0 heterocycles. The topological polar surface area (TPSA) is 29.1 Å². The summed E-state index contributed by atoms with van der Waals surface area (Å²) in [6, 6.07) is 6.48. The van der Waals surface area contributed by atoms with Gasteiger partial charge in [-0.1, -0.05) is 18.2 Å². The minimum absolute atomic E-state index is 0.260. The number of nitrogens with one attached hydrogen (secondary N) is 1. The number of aryl methyl sites for hydroxylation is 2. The van der Waals surface area contributed by atoms with E-state index >= 15 is 0 Å². The van der Waals surface area contributed by atoms with Crippen molar-refractivity contribution in [3.05, 3.63) is 34.9 Å². The highest BCUT2D eigenvalue weighted by atomic mass is 16.1. The van der Waals surface area contributed by atoms with Crippen molar-refractivity contribution in [2.75, 3.05) is 13.6 Å². The fourth-order valence-electron chi connectivity index (χ4n) is 2.22. The molecule has 0 atom stereocenters. The number of likely N-dealkylation sites (N-methyl/N-ethyl adjacent to an activating group) is 1. The van der Waals surface area contributed by atoms with E-state index in [1.807, 2.05) is 0 Å². The largest absolute Gasteiger partial charge is 0.313 e. The molecule has 2 rings (SSSR count). The highest BCUT2D eigenvalue weighted by Crippen LogP contribution is 2.22. The molecule has 0 aromatic heterocycles. The van der Waals surface area contributed by atoms with Crippen LogP contribution >= 0.6 is 0 Å². The van der Waals surface area contributed by atoms with Crippen molar-refractivity contribution in [2.24, 2.45) is 0 Å². The molecule has 15 heavy (non-hydrogen) atoms. The lowest BCUT2D eigenvalue weighted by atomic mass is 10.0. The minimum atomic E-state index is 0.260. The molecule has 0 fully saturated rings. The Balaban J connectivity index is 2.06. The Morgan fingerprint density at radius 1 is 1.33 bits per heavy atom. The van der Waals surface area contributed by atoms with Crippen LogP contribution in [0.1, 0.15) is 23.1 Å². The summed E-state index contributed by atoms with van der Waals surface area (Å²) in [5.41, 5.74) is 4.08. The number of hydrogen-bond acceptors (Lipinski definition) is 2. The number of benzene rings is 1. The smallest absolute Gasteiger partial charge is 0.150 e. The van der Waals surface area contributed by atoms with Crippen LogP contribution in [-0.2, 0) is 24.1 Å². The maximum Gasteiger partial charge on any atom is 0.150 e. The number of hydrogen-bond donors (Lipinski definition) is 1. The van der Waals surface area contributed by atoms with Crippen molar-refractivity contribution < 1.29 is 4.79 Å². The van der Waals surface area contributed by atoms with Gasteiger partial charge in [-0.05, 0) is 43.0 Å². The zero-order valence-electron chi connectivity index (χ0n) is 9.18. The predicted molar refractivity (Wildman–Crippen MR) is 61.1 cm³/mol. The second-order valence-corrected chi connectivity index (χ2v) is 4.20. The molecule has 0 radical (unpaired) electrons. The van der Waals surface area contributed by atoms with E-state index in [0.29, 0.717) is 13.0 Å². The monoisotopic (exact) mass is 203 g/mol. The number of ketones is 1. The number of rotatable bonds is 4. The van der Waals surface area contributed by atoms with E-state index in [1.54, 1.807) is 7.05 Å². The van der Waals surface area contributed by atoms with Gasteiger partial charge in [0.2, 0.25) is 0 Å². The number of Topliss-reactive ketones (excluding diaryl/α,β-unsaturated/α-hetero) is 1. The van der Waals surface area contributed by atoms with Crippen LogP contribution in [0.3, 0.4) is 0 Å². The average molecular weight is 203 g/mol. The van der Waals surface area contributed by atoms with Crippen molar-refractivity contribution in [3.63, 3.8) is 0 Å². The number of carbonyl (C=O) groups is 1. The van der Waals surface area contributed by atoms with Crippen LogP contribution in [0.25, 0.3) is 0 Å². The first-order chi connectivity index (χ1) is 7.29. The fourth-order valence-corrected chi connectivity index (χ4v) is 2.22. The first-order valence-electron chi connectivity index (χ1n) is 5.56. The van der Waals surface area contributed by atoms with Crippen molar-refractivity contribution >= 4 is 5.78 Å². The molecule has 1 N–H and O–H groups in total. The van der Waals surface area contributed by atoms with Gasteiger partial charge >= 0.3 is 0 Å². The standard InChI is InChI=1S/C13H17NO/c1-14-9-13(15)8-10-5-6-11-3-2-4-12(11)7-10/h5-7,14H,2-4,8-9H2,1H3. The van der Waals surface area contributed by atoms with E-state index in [1.165, 1.54) is 30.4 Å². The second-order valence-electron chi connectivity index (χ2n) is 4.20. The average Bonchev–Trinajstić information content (AvgIpc) is 2.65. The van der Waals surface area contributed by atoms with Crippen LogP contribution in [0.2, 0.25) is 0 Å². The summed E-state index contributed by atoms with van der Waals surface area (Å²) in [7, 11) is 1.81. The Labute approximate surface area is 90.7 Å². The molecule has 80 valence electrons. The first-order valence-corrected chi connectivity index (χ1v) is 5.56. The van der Waals surface area contributed by atoms with E-state index in [4.69, 9.17) is 0 Å². The van der Waals surface area contributed by atoms with E-state index in [0.717, 1.165) is 5.56 Å². The van der Waals surface area contributed by atoms with Gasteiger partial charge in [-0.2, -0.15) is 0 Å². The van der Waals surface area contributed by atoms with Gasteiger partial charge in [0, 0.05) is 6.42 Å². The van der Waals surface area contributed by atoms with Crippen LogP contribution in [0.15, 0.2) is 18.2 Å². The Hall–Kier alpha value is -1.15. The summed E-state index contributed by atoms with van der Waals surface area (Å²) in [6.45, 7) is 0.469. The van der Waals surface area contributed by atoms with Gasteiger partial charge < -0.3 is 5.32 Å². The molecule has 2 nitrogen and oxygen atoms in total. The molecule has 1 aromatic rings. The molecule has 0 saturated carbocycles.